The molecule has 2 aliphatic carbocycles. The van der Waals surface area contributed by atoms with E-state index in [0.29, 0.717) is 18.5 Å². The van der Waals surface area contributed by atoms with E-state index >= 15 is 0 Å². The number of nitrogens with zero attached hydrogens (tertiary/aromatic N) is 2. The highest BCUT2D eigenvalue weighted by Crippen LogP contribution is 2.39. The molecule has 114 valence electrons. The Hall–Kier alpha value is -1.95. The summed E-state index contributed by atoms with van der Waals surface area (Å²) in [6.45, 7) is 0.698. The van der Waals surface area contributed by atoms with Crippen LogP contribution in [-0.2, 0) is 6.54 Å². The second-order valence-electron chi connectivity index (χ2n) is 6.03. The predicted molar refractivity (Wildman–Crippen MR) is 86.1 cm³/mol. The predicted octanol–water partition coefficient (Wildman–Crippen LogP) is 2.92. The van der Waals surface area contributed by atoms with Gasteiger partial charge >= 0.3 is 0 Å². The maximum absolute atomic E-state index is 11.9. The summed E-state index contributed by atoms with van der Waals surface area (Å²) in [5, 5.41) is 7.17. The van der Waals surface area contributed by atoms with Crippen LogP contribution in [0.5, 0.6) is 0 Å². The fourth-order valence-corrected chi connectivity index (χ4v) is 2.90. The van der Waals surface area contributed by atoms with Gasteiger partial charge in [0.1, 0.15) is 5.82 Å². The average molecular weight is 314 g/mol. The van der Waals surface area contributed by atoms with Crippen molar-refractivity contribution >= 4 is 22.6 Å². The minimum absolute atomic E-state index is 0.0280. The van der Waals surface area contributed by atoms with Gasteiger partial charge in [-0.2, -0.15) is 4.37 Å². The van der Waals surface area contributed by atoms with Crippen LogP contribution in [0, 0.1) is 0 Å². The molecule has 2 aromatic rings. The van der Waals surface area contributed by atoms with Crippen molar-refractivity contribution in [1.29, 1.82) is 0 Å². The van der Waals surface area contributed by atoms with Crippen LogP contribution >= 0.6 is 11.5 Å². The van der Waals surface area contributed by atoms with E-state index in [4.69, 9.17) is 0 Å². The van der Waals surface area contributed by atoms with Gasteiger partial charge in [-0.3, -0.25) is 4.79 Å². The van der Waals surface area contributed by atoms with Gasteiger partial charge in [-0.15, -0.1) is 0 Å². The van der Waals surface area contributed by atoms with E-state index in [2.05, 4.69) is 20.0 Å². The fourth-order valence-electron chi connectivity index (χ4n) is 2.26. The molecule has 0 saturated heterocycles. The van der Waals surface area contributed by atoms with Gasteiger partial charge in [0.15, 0.2) is 0 Å². The number of hydrogen-bond acceptors (Lipinski definition) is 5. The lowest BCUT2D eigenvalue weighted by molar-refractivity contribution is 0.0951. The number of rotatable bonds is 6. The van der Waals surface area contributed by atoms with Gasteiger partial charge in [0.2, 0.25) is 5.13 Å². The molecule has 2 fully saturated rings. The first-order valence-corrected chi connectivity index (χ1v) is 8.52. The first-order valence-electron chi connectivity index (χ1n) is 7.75. The highest BCUT2D eigenvalue weighted by atomic mass is 32.1. The molecule has 2 saturated carbocycles. The first kappa shape index (κ1) is 13.7. The molecule has 6 heteroatoms. The standard InChI is InChI=1S/C16H18N4OS/c21-15(18-13-7-8-13)12-3-1-10(2-4-12)9-17-16-19-14(20-22-16)11-5-6-11/h1-4,11,13H,5-9H2,(H,18,21)(H,17,19,20). The monoisotopic (exact) mass is 314 g/mol. The topological polar surface area (TPSA) is 66.9 Å². The molecular formula is C16H18N4OS. The average Bonchev–Trinajstić information content (AvgIpc) is 3.47. The second-order valence-corrected chi connectivity index (χ2v) is 6.78. The minimum atomic E-state index is 0.0280. The number of benzene rings is 1. The third-order valence-electron chi connectivity index (χ3n) is 3.96. The molecule has 1 aromatic heterocycles. The van der Waals surface area contributed by atoms with Crippen molar-refractivity contribution in [2.45, 2.75) is 44.2 Å². The molecule has 0 aliphatic heterocycles. The summed E-state index contributed by atoms with van der Waals surface area (Å²) in [4.78, 5) is 16.4. The van der Waals surface area contributed by atoms with Crippen molar-refractivity contribution in [1.82, 2.24) is 14.7 Å². The van der Waals surface area contributed by atoms with Crippen LogP contribution in [-0.4, -0.2) is 21.3 Å². The number of carbonyl (C=O) groups is 1. The Morgan fingerprint density at radius 2 is 1.95 bits per heavy atom. The number of anilines is 1. The Morgan fingerprint density at radius 3 is 2.64 bits per heavy atom. The van der Waals surface area contributed by atoms with Gasteiger partial charge in [-0.05, 0) is 43.4 Å². The van der Waals surface area contributed by atoms with Crippen molar-refractivity contribution in [3.05, 3.63) is 41.2 Å². The quantitative estimate of drug-likeness (QED) is 0.860. The van der Waals surface area contributed by atoms with E-state index < -0.39 is 0 Å². The Morgan fingerprint density at radius 1 is 1.18 bits per heavy atom. The lowest BCUT2D eigenvalue weighted by atomic mass is 10.1. The van der Waals surface area contributed by atoms with Crippen molar-refractivity contribution in [3.63, 3.8) is 0 Å². The Labute approximate surface area is 133 Å². The summed E-state index contributed by atoms with van der Waals surface area (Å²) in [7, 11) is 0. The zero-order valence-electron chi connectivity index (χ0n) is 12.2. The maximum Gasteiger partial charge on any atom is 0.251 e. The molecule has 4 rings (SSSR count). The zero-order chi connectivity index (χ0) is 14.9. The number of nitrogens with one attached hydrogen (secondary N) is 2. The van der Waals surface area contributed by atoms with Gasteiger partial charge in [0, 0.05) is 35.6 Å². The molecule has 1 amide bonds. The summed E-state index contributed by atoms with van der Waals surface area (Å²) < 4.78 is 4.38. The summed E-state index contributed by atoms with van der Waals surface area (Å²) >= 11 is 1.42. The van der Waals surface area contributed by atoms with Crippen molar-refractivity contribution in [3.8, 4) is 0 Å². The molecule has 0 spiro atoms. The van der Waals surface area contributed by atoms with E-state index in [-0.39, 0.29) is 5.91 Å². The van der Waals surface area contributed by atoms with E-state index in [9.17, 15) is 4.79 Å². The zero-order valence-corrected chi connectivity index (χ0v) is 13.0. The lowest BCUT2D eigenvalue weighted by Crippen LogP contribution is -2.25. The van der Waals surface area contributed by atoms with Gasteiger partial charge < -0.3 is 10.6 Å². The largest absolute Gasteiger partial charge is 0.356 e. The van der Waals surface area contributed by atoms with E-state index in [0.717, 1.165) is 34.9 Å². The molecule has 1 heterocycles. The lowest BCUT2D eigenvalue weighted by Gasteiger charge is -2.05. The first-order chi connectivity index (χ1) is 10.8. The van der Waals surface area contributed by atoms with Gasteiger partial charge in [-0.1, -0.05) is 12.1 Å². The fraction of sp³-hybridized carbons (Fsp3) is 0.438. The summed E-state index contributed by atoms with van der Waals surface area (Å²) in [5.74, 6) is 1.61. The number of hydrogen-bond donors (Lipinski definition) is 2. The van der Waals surface area contributed by atoms with Crippen LogP contribution in [0.15, 0.2) is 24.3 Å². The molecular weight excluding hydrogens is 296 g/mol. The molecule has 22 heavy (non-hydrogen) atoms. The SMILES string of the molecule is O=C(NC1CC1)c1ccc(CNc2nc(C3CC3)ns2)cc1. The minimum Gasteiger partial charge on any atom is -0.356 e. The normalized spacial score (nSPS) is 17.3. The van der Waals surface area contributed by atoms with E-state index in [1.165, 1.54) is 24.4 Å². The molecule has 0 radical (unpaired) electrons. The molecule has 2 aliphatic rings. The Balaban J connectivity index is 1.32. The van der Waals surface area contributed by atoms with Crippen LogP contribution in [0.1, 0.15) is 53.3 Å². The Kier molecular flexibility index (Phi) is 3.54. The third kappa shape index (κ3) is 3.27. The summed E-state index contributed by atoms with van der Waals surface area (Å²) in [5.41, 5.74) is 1.86. The highest BCUT2D eigenvalue weighted by Gasteiger charge is 2.27. The molecule has 0 unspecified atom stereocenters. The second kappa shape index (κ2) is 5.68. The van der Waals surface area contributed by atoms with Crippen LogP contribution in [0.2, 0.25) is 0 Å². The van der Waals surface area contributed by atoms with E-state index in [1.807, 2.05) is 24.3 Å². The molecule has 1 aromatic carbocycles. The molecule has 0 atom stereocenters. The maximum atomic E-state index is 11.9. The van der Waals surface area contributed by atoms with Crippen LogP contribution in [0.4, 0.5) is 5.13 Å². The van der Waals surface area contributed by atoms with Crippen LogP contribution < -0.4 is 10.6 Å². The summed E-state index contributed by atoms with van der Waals surface area (Å²) in [6, 6.07) is 8.12. The van der Waals surface area contributed by atoms with Crippen molar-refractivity contribution < 1.29 is 4.79 Å². The number of carbonyl (C=O) groups excluding carboxylic acids is 1. The molecule has 2 N–H and O–H groups in total. The summed E-state index contributed by atoms with van der Waals surface area (Å²) in [6.07, 6.45) is 4.66. The highest BCUT2D eigenvalue weighted by molar-refractivity contribution is 7.09. The van der Waals surface area contributed by atoms with Gasteiger partial charge in [-0.25, -0.2) is 4.98 Å². The molecule has 0 bridgehead atoms. The van der Waals surface area contributed by atoms with Crippen molar-refractivity contribution in [2.75, 3.05) is 5.32 Å². The van der Waals surface area contributed by atoms with E-state index in [1.54, 1.807) is 0 Å². The van der Waals surface area contributed by atoms with Crippen molar-refractivity contribution in [2.24, 2.45) is 0 Å². The number of amides is 1. The Bertz CT molecular complexity index is 674. The van der Waals surface area contributed by atoms with Crippen LogP contribution in [0.25, 0.3) is 0 Å². The van der Waals surface area contributed by atoms with Gasteiger partial charge in [0.05, 0.1) is 0 Å². The smallest absolute Gasteiger partial charge is 0.251 e. The third-order valence-corrected chi connectivity index (χ3v) is 4.64. The van der Waals surface area contributed by atoms with Crippen LogP contribution in [0.3, 0.4) is 0 Å². The van der Waals surface area contributed by atoms with Gasteiger partial charge in [0.25, 0.3) is 5.91 Å². The molecule has 5 nitrogen and oxygen atoms in total. The number of aromatic nitrogens is 2.